The molecule has 1 heterocycles. The summed E-state index contributed by atoms with van der Waals surface area (Å²) >= 11 is 0. The minimum atomic E-state index is 0.657. The van der Waals surface area contributed by atoms with Crippen LogP contribution in [0.1, 0.15) is 36.8 Å². The van der Waals surface area contributed by atoms with Gasteiger partial charge in [0.2, 0.25) is 0 Å². The summed E-state index contributed by atoms with van der Waals surface area (Å²) in [5.41, 5.74) is 2.53. The van der Waals surface area contributed by atoms with Gasteiger partial charge < -0.3 is 15.0 Å². The van der Waals surface area contributed by atoms with Gasteiger partial charge in [0.1, 0.15) is 0 Å². The Kier molecular flexibility index (Phi) is 5.55. The van der Waals surface area contributed by atoms with Gasteiger partial charge >= 0.3 is 0 Å². The molecule has 4 heteroatoms. The number of nitrogens with one attached hydrogen (secondary N) is 1. The van der Waals surface area contributed by atoms with Gasteiger partial charge in [-0.15, -0.1) is 0 Å². The minimum Gasteiger partial charge on any atom is -0.380 e. The molecule has 23 heavy (non-hydrogen) atoms. The van der Waals surface area contributed by atoms with Crippen molar-refractivity contribution in [1.29, 1.82) is 0 Å². The van der Waals surface area contributed by atoms with E-state index in [0.29, 0.717) is 6.61 Å². The summed E-state index contributed by atoms with van der Waals surface area (Å²) in [6.07, 6.45) is 5.61. The Morgan fingerprint density at radius 2 is 1.83 bits per heavy atom. The van der Waals surface area contributed by atoms with E-state index >= 15 is 0 Å². The Bertz CT molecular complexity index is 529. The highest BCUT2D eigenvalue weighted by atomic mass is 16.5. The summed E-state index contributed by atoms with van der Waals surface area (Å²) in [4.78, 5) is 6.98. The van der Waals surface area contributed by atoms with Gasteiger partial charge in [-0.05, 0) is 35.8 Å². The number of nitrogens with zero attached hydrogens (tertiary/aromatic N) is 2. The first kappa shape index (κ1) is 16.3. The highest BCUT2D eigenvalue weighted by Gasteiger charge is 2.35. The van der Waals surface area contributed by atoms with Crippen molar-refractivity contribution in [3.05, 3.63) is 35.4 Å². The molecule has 1 aliphatic heterocycles. The lowest BCUT2D eigenvalue weighted by Crippen LogP contribution is -2.40. The fraction of sp³-hybridized carbons (Fsp3) is 0.632. The Hall–Kier alpha value is -1.55. The molecule has 1 aromatic carbocycles. The van der Waals surface area contributed by atoms with Crippen molar-refractivity contribution in [2.24, 2.45) is 16.8 Å². The Morgan fingerprint density at radius 1 is 1.17 bits per heavy atom. The van der Waals surface area contributed by atoms with Crippen LogP contribution in [0.5, 0.6) is 0 Å². The summed E-state index contributed by atoms with van der Waals surface area (Å²) < 4.78 is 5.30. The normalized spacial score (nSPS) is 24.6. The lowest BCUT2D eigenvalue weighted by molar-refractivity contribution is 0.184. The molecule has 1 N–H and O–H groups in total. The molecule has 1 aromatic rings. The zero-order chi connectivity index (χ0) is 16.1. The third-order valence-electron chi connectivity index (χ3n) is 5.34. The van der Waals surface area contributed by atoms with Gasteiger partial charge in [0, 0.05) is 33.8 Å². The predicted octanol–water partition coefficient (Wildman–Crippen LogP) is 3.03. The molecule has 1 saturated heterocycles. The standard InChI is InChI=1S/C19H29N3O/c1-20-19(22-12-16-8-4-5-9-17(16)13-22)21-11-15-7-3-6-10-18(15)14-23-2/h3,6-7,10,16-17H,4-5,8-9,11-14H2,1-2H3,(H,20,21). The van der Waals surface area contributed by atoms with E-state index in [0.717, 1.165) is 24.3 Å². The second-order valence-electron chi connectivity index (χ2n) is 6.81. The average molecular weight is 315 g/mol. The van der Waals surface area contributed by atoms with Crippen LogP contribution in [0.25, 0.3) is 0 Å². The van der Waals surface area contributed by atoms with Crippen molar-refractivity contribution >= 4 is 5.96 Å². The van der Waals surface area contributed by atoms with Crippen LogP contribution < -0.4 is 5.32 Å². The van der Waals surface area contributed by atoms with Gasteiger partial charge in [0.15, 0.2) is 5.96 Å². The summed E-state index contributed by atoms with van der Waals surface area (Å²) in [6.45, 7) is 3.80. The minimum absolute atomic E-state index is 0.657. The number of rotatable bonds is 4. The maximum Gasteiger partial charge on any atom is 0.193 e. The van der Waals surface area contributed by atoms with Crippen molar-refractivity contribution in [3.8, 4) is 0 Å². The fourth-order valence-corrected chi connectivity index (χ4v) is 4.11. The number of ether oxygens (including phenoxy) is 1. The molecule has 2 atom stereocenters. The van der Waals surface area contributed by atoms with E-state index in [1.54, 1.807) is 7.11 Å². The number of hydrogen-bond acceptors (Lipinski definition) is 2. The van der Waals surface area contributed by atoms with Gasteiger partial charge in [0.25, 0.3) is 0 Å². The van der Waals surface area contributed by atoms with Crippen LogP contribution in [0.2, 0.25) is 0 Å². The maximum absolute atomic E-state index is 5.30. The number of aliphatic imine (C=N–C) groups is 1. The van der Waals surface area contributed by atoms with Crippen molar-refractivity contribution in [3.63, 3.8) is 0 Å². The Balaban J connectivity index is 1.60. The molecular weight excluding hydrogens is 286 g/mol. The molecule has 1 saturated carbocycles. The van der Waals surface area contributed by atoms with Crippen LogP contribution >= 0.6 is 0 Å². The van der Waals surface area contributed by atoms with E-state index in [9.17, 15) is 0 Å². The largest absolute Gasteiger partial charge is 0.380 e. The lowest BCUT2D eigenvalue weighted by Gasteiger charge is -2.22. The van der Waals surface area contributed by atoms with E-state index in [1.807, 2.05) is 7.05 Å². The second-order valence-corrected chi connectivity index (χ2v) is 6.81. The third kappa shape index (κ3) is 3.86. The quantitative estimate of drug-likeness (QED) is 0.685. The van der Waals surface area contributed by atoms with E-state index < -0.39 is 0 Å². The first-order valence-corrected chi connectivity index (χ1v) is 8.83. The molecular formula is C19H29N3O. The topological polar surface area (TPSA) is 36.9 Å². The monoisotopic (exact) mass is 315 g/mol. The van der Waals surface area contributed by atoms with Crippen LogP contribution in [0.15, 0.2) is 29.3 Å². The van der Waals surface area contributed by atoms with Gasteiger partial charge in [-0.2, -0.15) is 0 Å². The molecule has 4 nitrogen and oxygen atoms in total. The van der Waals surface area contributed by atoms with Crippen LogP contribution in [-0.4, -0.2) is 38.1 Å². The van der Waals surface area contributed by atoms with Crippen LogP contribution in [-0.2, 0) is 17.9 Å². The average Bonchev–Trinajstić information content (AvgIpc) is 3.01. The van der Waals surface area contributed by atoms with Crippen LogP contribution in [0, 0.1) is 11.8 Å². The molecule has 2 aliphatic rings. The van der Waals surface area contributed by atoms with E-state index in [1.165, 1.54) is 49.9 Å². The highest BCUT2D eigenvalue weighted by Crippen LogP contribution is 2.35. The number of guanidine groups is 1. The summed E-state index contributed by atoms with van der Waals surface area (Å²) in [5, 5.41) is 3.56. The molecule has 0 aromatic heterocycles. The van der Waals surface area contributed by atoms with Crippen LogP contribution in [0.3, 0.4) is 0 Å². The van der Waals surface area contributed by atoms with Gasteiger partial charge in [-0.1, -0.05) is 37.1 Å². The summed E-state index contributed by atoms with van der Waals surface area (Å²) in [7, 11) is 3.64. The predicted molar refractivity (Wildman–Crippen MR) is 94.4 cm³/mol. The zero-order valence-electron chi connectivity index (χ0n) is 14.4. The molecule has 0 radical (unpaired) electrons. The number of methoxy groups -OCH3 is 1. The fourth-order valence-electron chi connectivity index (χ4n) is 4.11. The van der Waals surface area contributed by atoms with Crippen molar-refractivity contribution in [1.82, 2.24) is 10.2 Å². The molecule has 2 fully saturated rings. The first-order chi connectivity index (χ1) is 11.3. The number of benzene rings is 1. The molecule has 3 rings (SSSR count). The maximum atomic E-state index is 5.30. The van der Waals surface area contributed by atoms with Crippen molar-refractivity contribution < 1.29 is 4.74 Å². The van der Waals surface area contributed by atoms with Crippen molar-refractivity contribution in [2.75, 3.05) is 27.2 Å². The number of hydrogen-bond donors (Lipinski definition) is 1. The zero-order valence-corrected chi connectivity index (χ0v) is 14.4. The smallest absolute Gasteiger partial charge is 0.193 e. The lowest BCUT2D eigenvalue weighted by atomic mass is 9.82. The van der Waals surface area contributed by atoms with E-state index in [-0.39, 0.29) is 0 Å². The van der Waals surface area contributed by atoms with Crippen molar-refractivity contribution in [2.45, 2.75) is 38.8 Å². The molecule has 0 amide bonds. The molecule has 0 bridgehead atoms. The SMILES string of the molecule is CN=C(NCc1ccccc1COC)N1CC2CCCCC2C1. The summed E-state index contributed by atoms with van der Waals surface area (Å²) in [5.74, 6) is 2.80. The number of likely N-dealkylation sites (tertiary alicyclic amines) is 1. The third-order valence-corrected chi connectivity index (χ3v) is 5.34. The Morgan fingerprint density at radius 3 is 2.43 bits per heavy atom. The molecule has 126 valence electrons. The van der Waals surface area contributed by atoms with Crippen LogP contribution in [0.4, 0.5) is 0 Å². The van der Waals surface area contributed by atoms with Gasteiger partial charge in [-0.3, -0.25) is 4.99 Å². The molecule has 2 unspecified atom stereocenters. The highest BCUT2D eigenvalue weighted by molar-refractivity contribution is 5.80. The van der Waals surface area contributed by atoms with Gasteiger partial charge in [0.05, 0.1) is 6.61 Å². The van der Waals surface area contributed by atoms with E-state index in [2.05, 4.69) is 39.5 Å². The van der Waals surface area contributed by atoms with E-state index in [4.69, 9.17) is 4.74 Å². The van der Waals surface area contributed by atoms with Gasteiger partial charge in [-0.25, -0.2) is 0 Å². The second kappa shape index (κ2) is 7.82. The molecule has 0 spiro atoms. The number of fused-ring (bicyclic) bond motifs is 1. The molecule has 1 aliphatic carbocycles. The Labute approximate surface area is 139 Å². The summed E-state index contributed by atoms with van der Waals surface area (Å²) in [6, 6.07) is 8.45. The first-order valence-electron chi connectivity index (χ1n) is 8.83.